The molecule has 0 aromatic carbocycles. The number of hydrogen-bond acceptors (Lipinski definition) is 6. The maximum atomic E-state index is 12.7. The van der Waals surface area contributed by atoms with Gasteiger partial charge in [-0.3, -0.25) is 4.79 Å². The molecule has 1 amide bonds. The van der Waals surface area contributed by atoms with Crippen molar-refractivity contribution in [2.45, 2.75) is 64.4 Å². The summed E-state index contributed by atoms with van der Waals surface area (Å²) in [5.41, 5.74) is 0. The van der Waals surface area contributed by atoms with Gasteiger partial charge in [0.15, 0.2) is 5.82 Å². The number of piperidine rings is 1. The molecular weight excluding hydrogens is 406 g/mol. The van der Waals surface area contributed by atoms with Crippen LogP contribution in [0.15, 0.2) is 12.4 Å². The Kier molecular flexibility index (Phi) is 5.67. The number of nitrogens with zero attached hydrogens (tertiary/aromatic N) is 7. The molecular formula is C19H29N7O3S. The summed E-state index contributed by atoms with van der Waals surface area (Å²) in [6, 6.07) is 0. The van der Waals surface area contributed by atoms with E-state index in [9.17, 15) is 13.2 Å². The SMILES string of the molecule is Cc1nccn1CC(=O)N1CCn2c(nnc2C2CCN(S(=O)(=O)C(C)C)CC2)C1. The molecule has 1 saturated heterocycles. The zero-order valence-electron chi connectivity index (χ0n) is 17.7. The summed E-state index contributed by atoms with van der Waals surface area (Å²) in [6.07, 6.45) is 4.99. The number of aromatic nitrogens is 5. The number of sulfonamides is 1. The summed E-state index contributed by atoms with van der Waals surface area (Å²) >= 11 is 0. The lowest BCUT2D eigenvalue weighted by atomic mass is 9.97. The average Bonchev–Trinajstić information content (AvgIpc) is 3.33. The number of hydrogen-bond donors (Lipinski definition) is 0. The minimum Gasteiger partial charge on any atom is -0.332 e. The molecule has 0 radical (unpaired) electrons. The fourth-order valence-electron chi connectivity index (χ4n) is 4.18. The summed E-state index contributed by atoms with van der Waals surface area (Å²) < 4.78 is 30.3. The van der Waals surface area contributed by atoms with Gasteiger partial charge >= 0.3 is 0 Å². The molecule has 10 nitrogen and oxygen atoms in total. The highest BCUT2D eigenvalue weighted by atomic mass is 32.2. The first-order valence-electron chi connectivity index (χ1n) is 10.4. The van der Waals surface area contributed by atoms with Crippen LogP contribution in [0.1, 0.15) is 50.1 Å². The van der Waals surface area contributed by atoms with Gasteiger partial charge in [-0.25, -0.2) is 17.7 Å². The summed E-state index contributed by atoms with van der Waals surface area (Å²) in [6.45, 7) is 8.35. The third-order valence-corrected chi connectivity index (χ3v) is 8.41. The van der Waals surface area contributed by atoms with Crippen LogP contribution in [0.25, 0.3) is 0 Å². The Labute approximate surface area is 176 Å². The van der Waals surface area contributed by atoms with Gasteiger partial charge in [0, 0.05) is 44.5 Å². The van der Waals surface area contributed by atoms with E-state index in [1.165, 1.54) is 0 Å². The van der Waals surface area contributed by atoms with Gasteiger partial charge in [-0.05, 0) is 33.6 Å². The highest BCUT2D eigenvalue weighted by molar-refractivity contribution is 7.89. The normalized spacial score (nSPS) is 18.7. The van der Waals surface area contributed by atoms with Crippen molar-refractivity contribution in [1.29, 1.82) is 0 Å². The van der Waals surface area contributed by atoms with Gasteiger partial charge in [-0.1, -0.05) is 0 Å². The van der Waals surface area contributed by atoms with Crippen LogP contribution in [-0.4, -0.2) is 72.7 Å². The maximum absolute atomic E-state index is 12.7. The molecule has 30 heavy (non-hydrogen) atoms. The molecule has 0 unspecified atom stereocenters. The van der Waals surface area contributed by atoms with Crippen LogP contribution < -0.4 is 0 Å². The minimum atomic E-state index is -3.21. The van der Waals surface area contributed by atoms with Gasteiger partial charge < -0.3 is 14.0 Å². The number of fused-ring (bicyclic) bond motifs is 1. The smallest absolute Gasteiger partial charge is 0.243 e. The van der Waals surface area contributed by atoms with Crippen LogP contribution in [0.5, 0.6) is 0 Å². The lowest BCUT2D eigenvalue weighted by Crippen LogP contribution is -2.42. The van der Waals surface area contributed by atoms with Crippen molar-refractivity contribution in [2.75, 3.05) is 19.6 Å². The van der Waals surface area contributed by atoms with Crippen molar-refractivity contribution in [3.63, 3.8) is 0 Å². The number of aryl methyl sites for hydroxylation is 1. The molecule has 0 N–H and O–H groups in total. The van der Waals surface area contributed by atoms with Gasteiger partial charge in [0.2, 0.25) is 15.9 Å². The quantitative estimate of drug-likeness (QED) is 0.686. The largest absolute Gasteiger partial charge is 0.332 e. The van der Waals surface area contributed by atoms with Crippen LogP contribution in [0.4, 0.5) is 0 Å². The molecule has 2 aromatic heterocycles. The summed E-state index contributed by atoms with van der Waals surface area (Å²) in [4.78, 5) is 18.6. The lowest BCUT2D eigenvalue weighted by Gasteiger charge is -2.33. The van der Waals surface area contributed by atoms with Crippen molar-refractivity contribution in [2.24, 2.45) is 0 Å². The third-order valence-electron chi connectivity index (χ3n) is 6.14. The monoisotopic (exact) mass is 435 g/mol. The second-order valence-corrected chi connectivity index (χ2v) is 10.8. The zero-order valence-corrected chi connectivity index (χ0v) is 18.5. The Balaban J connectivity index is 1.40. The van der Waals surface area contributed by atoms with E-state index in [1.54, 1.807) is 24.3 Å². The molecule has 164 valence electrons. The predicted octanol–water partition coefficient (Wildman–Crippen LogP) is 0.743. The molecule has 2 aliphatic rings. The second-order valence-electron chi connectivity index (χ2n) is 8.31. The first kappa shape index (κ1) is 21.0. The molecule has 4 rings (SSSR count). The highest BCUT2D eigenvalue weighted by Gasteiger charge is 2.34. The molecule has 0 bridgehead atoms. The van der Waals surface area contributed by atoms with E-state index < -0.39 is 15.3 Å². The van der Waals surface area contributed by atoms with E-state index >= 15 is 0 Å². The topological polar surface area (TPSA) is 106 Å². The van der Waals surface area contributed by atoms with E-state index in [0.717, 1.165) is 30.3 Å². The van der Waals surface area contributed by atoms with Crippen molar-refractivity contribution >= 4 is 15.9 Å². The summed E-state index contributed by atoms with van der Waals surface area (Å²) in [5, 5.41) is 8.36. The van der Waals surface area contributed by atoms with Gasteiger partial charge in [-0.15, -0.1) is 10.2 Å². The molecule has 0 spiro atoms. The Bertz CT molecular complexity index is 1020. The van der Waals surface area contributed by atoms with Crippen molar-refractivity contribution < 1.29 is 13.2 Å². The zero-order chi connectivity index (χ0) is 21.5. The number of carbonyl (C=O) groups is 1. The van der Waals surface area contributed by atoms with Crippen LogP contribution in [0.2, 0.25) is 0 Å². The third kappa shape index (κ3) is 3.87. The number of imidazole rings is 1. The number of rotatable bonds is 5. The number of amides is 1. The molecule has 2 aliphatic heterocycles. The van der Waals surface area contributed by atoms with E-state index in [0.29, 0.717) is 32.7 Å². The fraction of sp³-hybridized carbons (Fsp3) is 0.684. The molecule has 0 saturated carbocycles. The Morgan fingerprint density at radius 3 is 2.53 bits per heavy atom. The van der Waals surface area contributed by atoms with Crippen molar-refractivity contribution in [3.8, 4) is 0 Å². The van der Waals surface area contributed by atoms with Crippen LogP contribution in [-0.2, 0) is 34.5 Å². The van der Waals surface area contributed by atoms with Gasteiger partial charge in [0.05, 0.1) is 11.8 Å². The fourth-order valence-corrected chi connectivity index (χ4v) is 5.49. The van der Waals surface area contributed by atoms with Crippen LogP contribution in [0.3, 0.4) is 0 Å². The Morgan fingerprint density at radius 2 is 1.90 bits per heavy atom. The molecule has 1 fully saturated rings. The number of carbonyl (C=O) groups excluding carboxylic acids is 1. The first-order valence-corrected chi connectivity index (χ1v) is 11.9. The molecule has 11 heteroatoms. The Morgan fingerprint density at radius 1 is 1.17 bits per heavy atom. The molecule has 0 atom stereocenters. The highest BCUT2D eigenvalue weighted by Crippen LogP contribution is 2.30. The predicted molar refractivity (Wildman–Crippen MR) is 110 cm³/mol. The van der Waals surface area contributed by atoms with E-state index in [-0.39, 0.29) is 18.4 Å². The molecule has 2 aromatic rings. The second kappa shape index (κ2) is 8.10. The minimum absolute atomic E-state index is 0.0408. The van der Waals surface area contributed by atoms with E-state index in [1.807, 2.05) is 22.6 Å². The Hall–Kier alpha value is -2.27. The van der Waals surface area contributed by atoms with Crippen molar-refractivity contribution in [3.05, 3.63) is 29.9 Å². The van der Waals surface area contributed by atoms with Crippen LogP contribution in [0, 0.1) is 6.92 Å². The van der Waals surface area contributed by atoms with Crippen molar-refractivity contribution in [1.82, 2.24) is 33.5 Å². The maximum Gasteiger partial charge on any atom is 0.243 e. The molecule has 0 aliphatic carbocycles. The standard InChI is InChI=1S/C19H29N7O3S/c1-14(2)30(28,29)25-7-4-16(5-8-25)19-22-21-17-12-24(10-11-26(17)19)18(27)13-23-9-6-20-15(23)3/h6,9,14,16H,4-5,7-8,10-13H2,1-3H3. The average molecular weight is 436 g/mol. The van der Waals surface area contributed by atoms with Crippen LogP contribution >= 0.6 is 0 Å². The first-order chi connectivity index (χ1) is 14.3. The summed E-state index contributed by atoms with van der Waals surface area (Å²) in [7, 11) is -3.21. The van der Waals surface area contributed by atoms with Gasteiger partial charge in [-0.2, -0.15) is 0 Å². The molecule has 4 heterocycles. The van der Waals surface area contributed by atoms with Gasteiger partial charge in [0.25, 0.3) is 0 Å². The van der Waals surface area contributed by atoms with E-state index in [2.05, 4.69) is 19.7 Å². The van der Waals surface area contributed by atoms with Gasteiger partial charge in [0.1, 0.15) is 18.2 Å². The summed E-state index contributed by atoms with van der Waals surface area (Å²) in [5.74, 6) is 2.77. The van der Waals surface area contributed by atoms with E-state index in [4.69, 9.17) is 0 Å². The lowest BCUT2D eigenvalue weighted by molar-refractivity contribution is -0.133.